The Morgan fingerprint density at radius 2 is 1.93 bits per heavy atom. The van der Waals surface area contributed by atoms with Gasteiger partial charge in [-0.05, 0) is 49.2 Å². The van der Waals surface area contributed by atoms with Crippen LogP contribution in [0.4, 0.5) is 11.4 Å². The van der Waals surface area contributed by atoms with Gasteiger partial charge in [-0.3, -0.25) is 9.59 Å². The number of carbonyl (C=O) groups is 2. The SMILES string of the molecule is CC(=O)N(c1ccc(NCC(O)CNC(=O)c2ccc(Cl)s2)cc1)C1CC1. The van der Waals surface area contributed by atoms with Gasteiger partial charge in [0.2, 0.25) is 5.91 Å². The summed E-state index contributed by atoms with van der Waals surface area (Å²) in [5.74, 6) is -0.198. The first-order valence-corrected chi connectivity index (χ1v) is 9.99. The van der Waals surface area contributed by atoms with E-state index < -0.39 is 6.10 Å². The third kappa shape index (κ3) is 5.45. The van der Waals surface area contributed by atoms with Crippen molar-refractivity contribution in [1.82, 2.24) is 5.32 Å². The molecule has 27 heavy (non-hydrogen) atoms. The summed E-state index contributed by atoms with van der Waals surface area (Å²) in [6.07, 6.45) is 1.37. The second-order valence-corrected chi connectivity index (χ2v) is 8.23. The highest BCUT2D eigenvalue weighted by Gasteiger charge is 2.31. The molecule has 0 saturated heterocycles. The summed E-state index contributed by atoms with van der Waals surface area (Å²) < 4.78 is 0.552. The van der Waals surface area contributed by atoms with E-state index in [9.17, 15) is 14.7 Å². The van der Waals surface area contributed by atoms with E-state index in [0.29, 0.717) is 21.8 Å². The molecule has 1 saturated carbocycles. The van der Waals surface area contributed by atoms with Crippen LogP contribution in [0.5, 0.6) is 0 Å². The monoisotopic (exact) mass is 407 g/mol. The maximum absolute atomic E-state index is 11.9. The van der Waals surface area contributed by atoms with Crippen molar-refractivity contribution >= 4 is 46.1 Å². The number of nitrogens with one attached hydrogen (secondary N) is 2. The van der Waals surface area contributed by atoms with Crippen molar-refractivity contribution in [2.24, 2.45) is 0 Å². The lowest BCUT2D eigenvalue weighted by Crippen LogP contribution is -2.35. The van der Waals surface area contributed by atoms with Crippen LogP contribution in [0.2, 0.25) is 4.34 Å². The molecule has 1 unspecified atom stereocenters. The first-order chi connectivity index (χ1) is 12.9. The molecule has 0 spiro atoms. The number of amides is 2. The lowest BCUT2D eigenvalue weighted by Gasteiger charge is -2.21. The molecule has 0 bridgehead atoms. The second-order valence-electron chi connectivity index (χ2n) is 6.52. The zero-order valence-electron chi connectivity index (χ0n) is 14.9. The molecule has 1 aliphatic carbocycles. The quantitative estimate of drug-likeness (QED) is 0.628. The summed E-state index contributed by atoms with van der Waals surface area (Å²) in [6.45, 7) is 2.02. The van der Waals surface area contributed by atoms with Crippen LogP contribution in [0.25, 0.3) is 0 Å². The van der Waals surface area contributed by atoms with Crippen LogP contribution in [0, 0.1) is 0 Å². The molecular formula is C19H22ClN3O3S. The minimum Gasteiger partial charge on any atom is -0.389 e. The number of anilines is 2. The largest absolute Gasteiger partial charge is 0.389 e. The maximum atomic E-state index is 11.9. The van der Waals surface area contributed by atoms with Gasteiger partial charge in [-0.15, -0.1) is 11.3 Å². The van der Waals surface area contributed by atoms with Gasteiger partial charge in [0.25, 0.3) is 5.91 Å². The number of rotatable bonds is 8. The van der Waals surface area contributed by atoms with Crippen LogP contribution >= 0.6 is 22.9 Å². The summed E-state index contributed by atoms with van der Waals surface area (Å²) in [7, 11) is 0. The number of hydrogen-bond acceptors (Lipinski definition) is 5. The van der Waals surface area contributed by atoms with Gasteiger partial charge in [0, 0.05) is 37.4 Å². The van der Waals surface area contributed by atoms with Gasteiger partial charge < -0.3 is 20.6 Å². The first-order valence-electron chi connectivity index (χ1n) is 8.79. The van der Waals surface area contributed by atoms with Crippen LogP contribution in [0.3, 0.4) is 0 Å². The zero-order chi connectivity index (χ0) is 19.4. The fourth-order valence-electron chi connectivity index (χ4n) is 2.76. The molecule has 2 amide bonds. The minimum absolute atomic E-state index is 0.0522. The molecule has 1 aromatic carbocycles. The van der Waals surface area contributed by atoms with E-state index in [-0.39, 0.29) is 18.4 Å². The van der Waals surface area contributed by atoms with E-state index >= 15 is 0 Å². The number of carbonyl (C=O) groups excluding carboxylic acids is 2. The zero-order valence-corrected chi connectivity index (χ0v) is 16.5. The molecule has 6 nitrogen and oxygen atoms in total. The normalized spacial score (nSPS) is 14.5. The van der Waals surface area contributed by atoms with Crippen LogP contribution in [-0.2, 0) is 4.79 Å². The van der Waals surface area contributed by atoms with Crippen LogP contribution < -0.4 is 15.5 Å². The van der Waals surface area contributed by atoms with Gasteiger partial charge in [-0.2, -0.15) is 0 Å². The van der Waals surface area contributed by atoms with E-state index in [1.165, 1.54) is 11.3 Å². The molecule has 0 radical (unpaired) electrons. The molecule has 1 aliphatic rings. The van der Waals surface area contributed by atoms with Crippen molar-refractivity contribution < 1.29 is 14.7 Å². The summed E-state index contributed by atoms with van der Waals surface area (Å²) in [6, 6.07) is 11.2. The van der Waals surface area contributed by atoms with E-state index in [1.807, 2.05) is 29.2 Å². The third-order valence-corrected chi connectivity index (χ3v) is 5.46. The number of nitrogens with zero attached hydrogens (tertiary/aromatic N) is 1. The van der Waals surface area contributed by atoms with Crippen molar-refractivity contribution in [3.63, 3.8) is 0 Å². The lowest BCUT2D eigenvalue weighted by molar-refractivity contribution is -0.116. The Balaban J connectivity index is 1.45. The van der Waals surface area contributed by atoms with Gasteiger partial charge >= 0.3 is 0 Å². The predicted octanol–water partition coefficient (Wildman–Crippen LogP) is 3.12. The first kappa shape index (κ1) is 19.7. The van der Waals surface area contributed by atoms with E-state index in [4.69, 9.17) is 11.6 Å². The Bertz CT molecular complexity index is 805. The number of hydrogen-bond donors (Lipinski definition) is 3. The number of thiophene rings is 1. The van der Waals surface area contributed by atoms with Crippen molar-refractivity contribution in [2.45, 2.75) is 31.9 Å². The van der Waals surface area contributed by atoms with Gasteiger partial charge in [-0.25, -0.2) is 0 Å². The van der Waals surface area contributed by atoms with E-state index in [2.05, 4.69) is 10.6 Å². The van der Waals surface area contributed by atoms with Gasteiger partial charge in [0.15, 0.2) is 0 Å². The van der Waals surface area contributed by atoms with Crippen LogP contribution in [0.15, 0.2) is 36.4 Å². The topological polar surface area (TPSA) is 81.7 Å². The van der Waals surface area contributed by atoms with Crippen molar-refractivity contribution in [3.8, 4) is 0 Å². The average molecular weight is 408 g/mol. The Hall–Kier alpha value is -2.09. The molecule has 144 valence electrons. The molecule has 1 aromatic heterocycles. The van der Waals surface area contributed by atoms with E-state index in [0.717, 1.165) is 24.2 Å². The highest BCUT2D eigenvalue weighted by atomic mass is 35.5. The molecule has 8 heteroatoms. The van der Waals surface area contributed by atoms with Crippen molar-refractivity contribution in [2.75, 3.05) is 23.3 Å². The Morgan fingerprint density at radius 3 is 2.48 bits per heavy atom. The standard InChI is InChI=1S/C19H22ClN3O3S/c1-12(24)23(15-6-7-15)14-4-2-13(3-5-14)21-10-16(25)11-22-19(26)17-8-9-18(20)27-17/h2-5,8-9,15-16,21,25H,6-7,10-11H2,1H3,(H,22,26). The number of aliphatic hydroxyl groups excluding tert-OH is 1. The summed E-state index contributed by atoms with van der Waals surface area (Å²) in [5.41, 5.74) is 1.73. The summed E-state index contributed by atoms with van der Waals surface area (Å²) in [5, 5.41) is 15.9. The van der Waals surface area contributed by atoms with Gasteiger partial charge in [0.1, 0.15) is 0 Å². The molecule has 1 atom stereocenters. The van der Waals surface area contributed by atoms with Crippen LogP contribution in [0.1, 0.15) is 29.4 Å². The minimum atomic E-state index is -0.732. The van der Waals surface area contributed by atoms with Gasteiger partial charge in [-0.1, -0.05) is 11.6 Å². The Kier molecular flexibility index (Phi) is 6.36. The van der Waals surface area contributed by atoms with E-state index in [1.54, 1.807) is 19.1 Å². The lowest BCUT2D eigenvalue weighted by atomic mass is 10.2. The summed E-state index contributed by atoms with van der Waals surface area (Å²) in [4.78, 5) is 26.1. The number of halogens is 1. The fourth-order valence-corrected chi connectivity index (χ4v) is 3.72. The van der Waals surface area contributed by atoms with Gasteiger partial charge in [0.05, 0.1) is 15.3 Å². The highest BCUT2D eigenvalue weighted by Crippen LogP contribution is 2.32. The molecule has 0 aliphatic heterocycles. The highest BCUT2D eigenvalue weighted by molar-refractivity contribution is 7.17. The number of benzene rings is 1. The smallest absolute Gasteiger partial charge is 0.261 e. The van der Waals surface area contributed by atoms with Crippen molar-refractivity contribution in [3.05, 3.63) is 45.6 Å². The van der Waals surface area contributed by atoms with Crippen molar-refractivity contribution in [1.29, 1.82) is 0 Å². The molecule has 1 fully saturated rings. The van der Waals surface area contributed by atoms with Crippen LogP contribution in [-0.4, -0.2) is 42.2 Å². The maximum Gasteiger partial charge on any atom is 0.261 e. The molecule has 2 aromatic rings. The Morgan fingerprint density at radius 1 is 1.22 bits per heavy atom. The summed E-state index contributed by atoms with van der Waals surface area (Å²) >= 11 is 7.01. The number of aliphatic hydroxyl groups is 1. The molecule has 3 N–H and O–H groups in total. The molecular weight excluding hydrogens is 386 g/mol. The fraction of sp³-hybridized carbons (Fsp3) is 0.368. The molecule has 3 rings (SSSR count). The third-order valence-electron chi connectivity index (χ3n) is 4.23. The second kappa shape index (κ2) is 8.73. The predicted molar refractivity (Wildman–Crippen MR) is 109 cm³/mol. The molecule has 1 heterocycles. The Labute approximate surface area is 167 Å². The average Bonchev–Trinajstić information content (AvgIpc) is 3.37.